The first-order valence-corrected chi connectivity index (χ1v) is 10.8. The maximum atomic E-state index is 13.6. The van der Waals surface area contributed by atoms with Gasteiger partial charge in [0.1, 0.15) is 5.82 Å². The highest BCUT2D eigenvalue weighted by atomic mass is 19.1. The number of hydrogen-bond donors (Lipinski definition) is 3. The molecule has 3 rings (SSSR count). The van der Waals surface area contributed by atoms with Gasteiger partial charge < -0.3 is 20.9 Å². The van der Waals surface area contributed by atoms with E-state index in [9.17, 15) is 9.18 Å². The molecule has 0 bridgehead atoms. The van der Waals surface area contributed by atoms with E-state index >= 15 is 0 Å². The molecule has 0 atom stereocenters. The second-order valence-corrected chi connectivity index (χ2v) is 8.38. The number of guanidine groups is 1. The van der Waals surface area contributed by atoms with Crippen molar-refractivity contribution < 1.29 is 9.18 Å². The number of nitrogens with one attached hydrogen (secondary N) is 3. The number of benzene rings is 2. The Balaban J connectivity index is 1.60. The summed E-state index contributed by atoms with van der Waals surface area (Å²) >= 11 is 0. The number of carbonyl (C=O) groups is 1. The Kier molecular flexibility index (Phi) is 7.50. The lowest BCUT2D eigenvalue weighted by Crippen LogP contribution is -2.47. The van der Waals surface area contributed by atoms with Crippen molar-refractivity contribution >= 4 is 17.6 Å². The highest BCUT2D eigenvalue weighted by Crippen LogP contribution is 2.23. The van der Waals surface area contributed by atoms with E-state index < -0.39 is 0 Å². The molecule has 1 aliphatic heterocycles. The van der Waals surface area contributed by atoms with Gasteiger partial charge in [0.2, 0.25) is 5.91 Å². The molecule has 166 valence electrons. The van der Waals surface area contributed by atoms with Crippen LogP contribution in [0, 0.1) is 5.82 Å². The van der Waals surface area contributed by atoms with Crippen molar-refractivity contribution in [1.82, 2.24) is 16.0 Å². The summed E-state index contributed by atoms with van der Waals surface area (Å²) in [5.41, 5.74) is 2.83. The Morgan fingerprint density at radius 2 is 1.97 bits per heavy atom. The summed E-state index contributed by atoms with van der Waals surface area (Å²) < 4.78 is 13.6. The SMILES string of the molecule is CCNC(=NCc1ccc(N2CCNC(=O)C2)cc1)NCC(C)(C)c1cccc(F)c1. The minimum atomic E-state index is -0.249. The van der Waals surface area contributed by atoms with Crippen LogP contribution in [-0.2, 0) is 16.8 Å². The third kappa shape index (κ3) is 6.44. The van der Waals surface area contributed by atoms with Gasteiger partial charge in [0.25, 0.3) is 0 Å². The van der Waals surface area contributed by atoms with E-state index in [0.717, 1.165) is 35.9 Å². The van der Waals surface area contributed by atoms with E-state index in [-0.39, 0.29) is 17.1 Å². The number of aliphatic imine (C=N–C) groups is 1. The molecular weight excluding hydrogens is 393 g/mol. The van der Waals surface area contributed by atoms with E-state index in [4.69, 9.17) is 4.99 Å². The third-order valence-electron chi connectivity index (χ3n) is 5.41. The maximum absolute atomic E-state index is 13.6. The summed E-state index contributed by atoms with van der Waals surface area (Å²) in [5, 5.41) is 9.49. The van der Waals surface area contributed by atoms with Crippen molar-refractivity contribution in [2.75, 3.05) is 37.6 Å². The fraction of sp³-hybridized carbons (Fsp3) is 0.417. The van der Waals surface area contributed by atoms with Crippen LogP contribution in [-0.4, -0.2) is 44.6 Å². The number of carbonyl (C=O) groups excluding carboxylic acids is 1. The summed E-state index contributed by atoms with van der Waals surface area (Å²) in [6.07, 6.45) is 0. The molecule has 0 radical (unpaired) electrons. The fourth-order valence-electron chi connectivity index (χ4n) is 3.50. The van der Waals surface area contributed by atoms with Crippen molar-refractivity contribution in [3.8, 4) is 0 Å². The van der Waals surface area contributed by atoms with Crippen molar-refractivity contribution in [1.29, 1.82) is 0 Å². The third-order valence-corrected chi connectivity index (χ3v) is 5.41. The normalized spacial score (nSPS) is 14.9. The van der Waals surface area contributed by atoms with Gasteiger partial charge in [-0.15, -0.1) is 0 Å². The van der Waals surface area contributed by atoms with E-state index in [0.29, 0.717) is 26.2 Å². The van der Waals surface area contributed by atoms with Gasteiger partial charge in [-0.1, -0.05) is 38.1 Å². The number of halogens is 1. The molecule has 1 aliphatic rings. The van der Waals surface area contributed by atoms with Crippen LogP contribution in [0.5, 0.6) is 0 Å². The molecule has 31 heavy (non-hydrogen) atoms. The minimum Gasteiger partial charge on any atom is -0.360 e. The Bertz CT molecular complexity index is 910. The second kappa shape index (κ2) is 10.3. The Labute approximate surface area is 183 Å². The van der Waals surface area contributed by atoms with E-state index in [1.165, 1.54) is 6.07 Å². The molecule has 1 amide bonds. The zero-order valence-corrected chi connectivity index (χ0v) is 18.5. The summed E-state index contributed by atoms with van der Waals surface area (Å²) in [6.45, 7) is 9.99. The van der Waals surface area contributed by atoms with Gasteiger partial charge in [-0.25, -0.2) is 9.38 Å². The highest BCUT2D eigenvalue weighted by Gasteiger charge is 2.21. The van der Waals surface area contributed by atoms with Gasteiger partial charge in [0.15, 0.2) is 5.96 Å². The van der Waals surface area contributed by atoms with Gasteiger partial charge in [-0.3, -0.25) is 4.79 Å². The van der Waals surface area contributed by atoms with Gasteiger partial charge in [-0.2, -0.15) is 0 Å². The fourth-order valence-corrected chi connectivity index (χ4v) is 3.50. The van der Waals surface area contributed by atoms with Crippen LogP contribution in [0.4, 0.5) is 10.1 Å². The lowest BCUT2D eigenvalue weighted by atomic mass is 9.84. The molecule has 0 aliphatic carbocycles. The zero-order valence-electron chi connectivity index (χ0n) is 18.5. The molecule has 6 nitrogen and oxygen atoms in total. The number of hydrogen-bond acceptors (Lipinski definition) is 3. The van der Waals surface area contributed by atoms with Crippen molar-refractivity contribution in [2.24, 2.45) is 4.99 Å². The minimum absolute atomic E-state index is 0.0578. The van der Waals surface area contributed by atoms with E-state index in [1.54, 1.807) is 12.1 Å². The molecule has 0 unspecified atom stereocenters. The summed E-state index contributed by atoms with van der Waals surface area (Å²) in [4.78, 5) is 18.4. The van der Waals surface area contributed by atoms with E-state index in [2.05, 4.69) is 34.7 Å². The molecule has 2 aromatic rings. The predicted octanol–water partition coefficient (Wildman–Crippen LogP) is 2.79. The summed E-state index contributed by atoms with van der Waals surface area (Å²) in [5.74, 6) is 0.561. The molecule has 1 fully saturated rings. The van der Waals surface area contributed by atoms with Crippen LogP contribution >= 0.6 is 0 Å². The highest BCUT2D eigenvalue weighted by molar-refractivity contribution is 5.82. The Hall–Kier alpha value is -3.09. The molecular formula is C24H32FN5O. The monoisotopic (exact) mass is 425 g/mol. The quantitative estimate of drug-likeness (QED) is 0.471. The standard InChI is InChI=1S/C24H32FN5O/c1-4-26-23(29-17-24(2,3)19-6-5-7-20(25)14-19)28-15-18-8-10-21(11-9-18)30-13-12-27-22(31)16-30/h5-11,14H,4,12-13,15-17H2,1-3H3,(H,27,31)(H2,26,28,29). The molecule has 0 aromatic heterocycles. The van der Waals surface area contributed by atoms with Crippen LogP contribution in [0.2, 0.25) is 0 Å². The molecule has 1 saturated heterocycles. The summed E-state index contributed by atoms with van der Waals surface area (Å²) in [6, 6.07) is 14.9. The zero-order chi connectivity index (χ0) is 22.3. The van der Waals surface area contributed by atoms with Crippen LogP contribution in [0.3, 0.4) is 0 Å². The second-order valence-electron chi connectivity index (χ2n) is 8.38. The van der Waals surface area contributed by atoms with Crippen LogP contribution in [0.1, 0.15) is 31.9 Å². The van der Waals surface area contributed by atoms with Crippen LogP contribution in [0.15, 0.2) is 53.5 Å². The smallest absolute Gasteiger partial charge is 0.239 e. The van der Waals surface area contributed by atoms with Gasteiger partial charge in [0.05, 0.1) is 13.1 Å². The average Bonchev–Trinajstić information content (AvgIpc) is 2.76. The largest absolute Gasteiger partial charge is 0.360 e. The van der Waals surface area contributed by atoms with E-state index in [1.807, 2.05) is 37.3 Å². The molecule has 0 spiro atoms. The first kappa shape index (κ1) is 22.6. The predicted molar refractivity (Wildman–Crippen MR) is 124 cm³/mol. The molecule has 0 saturated carbocycles. The maximum Gasteiger partial charge on any atom is 0.239 e. The average molecular weight is 426 g/mol. The molecule has 7 heteroatoms. The summed E-state index contributed by atoms with van der Waals surface area (Å²) in [7, 11) is 0. The van der Waals surface area contributed by atoms with Crippen molar-refractivity contribution in [3.05, 3.63) is 65.5 Å². The number of nitrogens with zero attached hydrogens (tertiary/aromatic N) is 2. The number of amides is 1. The lowest BCUT2D eigenvalue weighted by Gasteiger charge is -2.28. The lowest BCUT2D eigenvalue weighted by molar-refractivity contribution is -0.120. The van der Waals surface area contributed by atoms with Crippen molar-refractivity contribution in [2.45, 2.75) is 32.7 Å². The van der Waals surface area contributed by atoms with Gasteiger partial charge >= 0.3 is 0 Å². The van der Waals surface area contributed by atoms with Crippen LogP contribution in [0.25, 0.3) is 0 Å². The molecule has 2 aromatic carbocycles. The topological polar surface area (TPSA) is 68.8 Å². The van der Waals surface area contributed by atoms with Crippen LogP contribution < -0.4 is 20.9 Å². The first-order valence-electron chi connectivity index (χ1n) is 10.8. The first-order chi connectivity index (χ1) is 14.9. The number of rotatable bonds is 7. The Morgan fingerprint density at radius 1 is 1.19 bits per heavy atom. The van der Waals surface area contributed by atoms with Gasteiger partial charge in [-0.05, 0) is 42.3 Å². The molecule has 3 N–H and O–H groups in total. The van der Waals surface area contributed by atoms with Gasteiger partial charge in [0, 0.05) is 37.3 Å². The number of anilines is 1. The Morgan fingerprint density at radius 3 is 2.65 bits per heavy atom. The number of piperazine rings is 1. The van der Waals surface area contributed by atoms with Crippen molar-refractivity contribution in [3.63, 3.8) is 0 Å². The molecule has 1 heterocycles.